The monoisotopic (exact) mass is 490 g/mol. The highest BCUT2D eigenvalue weighted by molar-refractivity contribution is 9.10. The number of benzene rings is 2. The van der Waals surface area contributed by atoms with Crippen LogP contribution in [-0.2, 0) is 11.2 Å². The van der Waals surface area contributed by atoms with E-state index in [2.05, 4.69) is 20.9 Å². The first-order chi connectivity index (χ1) is 14.4. The van der Waals surface area contributed by atoms with Crippen molar-refractivity contribution >= 4 is 44.3 Å². The zero-order valence-corrected chi connectivity index (χ0v) is 18.9. The minimum absolute atomic E-state index is 0.190. The van der Waals surface area contributed by atoms with Crippen molar-refractivity contribution in [2.75, 3.05) is 18.1 Å². The smallest absolute Gasteiger partial charge is 0.358 e. The highest BCUT2D eigenvalue weighted by Gasteiger charge is 2.25. The Morgan fingerprint density at radius 3 is 2.60 bits per heavy atom. The predicted octanol–water partition coefficient (Wildman–Crippen LogP) is 5.42. The molecule has 30 heavy (non-hydrogen) atoms. The molecule has 0 N–H and O–H groups in total. The molecule has 0 fully saturated rings. The van der Waals surface area contributed by atoms with Crippen molar-refractivity contribution in [2.45, 2.75) is 20.3 Å². The van der Waals surface area contributed by atoms with Crippen LogP contribution in [0.4, 0.5) is 9.52 Å². The first kappa shape index (κ1) is 22.1. The third-order valence-electron chi connectivity index (χ3n) is 4.31. The molecular weight excluding hydrogens is 471 g/mol. The third-order valence-corrected chi connectivity index (χ3v) is 5.76. The number of hydrogen-bond acceptors (Lipinski definition) is 5. The van der Waals surface area contributed by atoms with Crippen LogP contribution in [0.25, 0.3) is 0 Å². The number of aromatic nitrogens is 1. The van der Waals surface area contributed by atoms with E-state index in [9.17, 15) is 14.0 Å². The molecule has 0 aliphatic heterocycles. The maximum atomic E-state index is 13.9. The standard InChI is InChI=1S/C22H20BrFN2O3S/c1-3-29-21(28)19-14(2)30-22(25-19)26(10-9-15-7-5-4-6-8-15)20(27)16-11-17(23)13-18(24)12-16/h4-8,11-13H,3,9-10H2,1-2H3. The van der Waals surface area contributed by atoms with Crippen molar-refractivity contribution < 1.29 is 18.7 Å². The van der Waals surface area contributed by atoms with Gasteiger partial charge in [-0.25, -0.2) is 14.2 Å². The number of carbonyl (C=O) groups is 2. The summed E-state index contributed by atoms with van der Waals surface area (Å²) in [5.41, 5.74) is 1.44. The van der Waals surface area contributed by atoms with E-state index in [4.69, 9.17) is 4.74 Å². The first-order valence-corrected chi connectivity index (χ1v) is 11.0. The van der Waals surface area contributed by atoms with Gasteiger partial charge in [0.25, 0.3) is 5.91 Å². The van der Waals surface area contributed by atoms with Crippen LogP contribution in [0.5, 0.6) is 0 Å². The SMILES string of the molecule is CCOC(=O)c1nc(N(CCc2ccccc2)C(=O)c2cc(F)cc(Br)c2)sc1C. The molecule has 1 amide bonds. The molecule has 0 aliphatic rings. The first-order valence-electron chi connectivity index (χ1n) is 9.35. The average Bonchev–Trinajstić information content (AvgIpc) is 3.09. The van der Waals surface area contributed by atoms with E-state index in [-0.39, 0.29) is 17.9 Å². The second-order valence-electron chi connectivity index (χ2n) is 6.47. The molecule has 0 aliphatic carbocycles. The molecule has 0 atom stereocenters. The molecule has 0 bridgehead atoms. The van der Waals surface area contributed by atoms with Crippen LogP contribution in [0.15, 0.2) is 53.0 Å². The van der Waals surface area contributed by atoms with Crippen molar-refractivity contribution in [3.8, 4) is 0 Å². The molecule has 156 valence electrons. The third kappa shape index (κ3) is 5.31. The molecule has 2 aromatic carbocycles. The normalized spacial score (nSPS) is 10.7. The highest BCUT2D eigenvalue weighted by atomic mass is 79.9. The van der Waals surface area contributed by atoms with E-state index in [1.807, 2.05) is 30.3 Å². The van der Waals surface area contributed by atoms with E-state index in [0.29, 0.717) is 27.4 Å². The Balaban J connectivity index is 1.95. The van der Waals surface area contributed by atoms with Gasteiger partial charge in [-0.15, -0.1) is 11.3 Å². The number of ether oxygens (including phenoxy) is 1. The van der Waals surface area contributed by atoms with Gasteiger partial charge in [-0.2, -0.15) is 0 Å². The van der Waals surface area contributed by atoms with Crippen molar-refractivity contribution in [3.63, 3.8) is 0 Å². The minimum Gasteiger partial charge on any atom is -0.461 e. The summed E-state index contributed by atoms with van der Waals surface area (Å²) < 4.78 is 19.4. The van der Waals surface area contributed by atoms with Gasteiger partial charge < -0.3 is 4.74 Å². The summed E-state index contributed by atoms with van der Waals surface area (Å²) >= 11 is 4.46. The van der Waals surface area contributed by atoms with Crippen molar-refractivity contribution in [1.82, 2.24) is 4.98 Å². The van der Waals surface area contributed by atoms with Crippen LogP contribution in [0.1, 0.15) is 38.2 Å². The van der Waals surface area contributed by atoms with E-state index >= 15 is 0 Å². The van der Waals surface area contributed by atoms with E-state index < -0.39 is 17.7 Å². The van der Waals surface area contributed by atoms with Gasteiger partial charge in [0.05, 0.1) is 6.61 Å². The number of esters is 1. The number of carbonyl (C=O) groups excluding carboxylic acids is 2. The Morgan fingerprint density at radius 1 is 1.20 bits per heavy atom. The number of nitrogens with zero attached hydrogens (tertiary/aromatic N) is 2. The molecule has 3 aromatic rings. The summed E-state index contributed by atoms with van der Waals surface area (Å²) in [6.07, 6.45) is 0.580. The Labute approximate surface area is 186 Å². The fourth-order valence-electron chi connectivity index (χ4n) is 2.89. The van der Waals surface area contributed by atoms with Gasteiger partial charge in [-0.3, -0.25) is 9.69 Å². The fourth-order valence-corrected chi connectivity index (χ4v) is 4.28. The maximum Gasteiger partial charge on any atom is 0.358 e. The second kappa shape index (κ2) is 9.95. The highest BCUT2D eigenvalue weighted by Crippen LogP contribution is 2.28. The molecule has 0 saturated heterocycles. The molecule has 1 heterocycles. The van der Waals surface area contributed by atoms with Gasteiger partial charge in [-0.1, -0.05) is 46.3 Å². The average molecular weight is 491 g/mol. The zero-order chi connectivity index (χ0) is 21.7. The summed E-state index contributed by atoms with van der Waals surface area (Å²) in [6, 6.07) is 13.8. The van der Waals surface area contributed by atoms with Crippen molar-refractivity contribution in [2.24, 2.45) is 0 Å². The Bertz CT molecular complexity index is 1040. The number of hydrogen-bond donors (Lipinski definition) is 0. The van der Waals surface area contributed by atoms with Gasteiger partial charge in [0.1, 0.15) is 5.82 Å². The van der Waals surface area contributed by atoms with Crippen LogP contribution >= 0.6 is 27.3 Å². The fraction of sp³-hybridized carbons (Fsp3) is 0.227. The zero-order valence-electron chi connectivity index (χ0n) is 16.5. The van der Waals surface area contributed by atoms with Crippen LogP contribution in [0.2, 0.25) is 0 Å². The van der Waals surface area contributed by atoms with Crippen LogP contribution in [0.3, 0.4) is 0 Å². The lowest BCUT2D eigenvalue weighted by Crippen LogP contribution is -2.33. The van der Waals surface area contributed by atoms with Gasteiger partial charge in [0.2, 0.25) is 0 Å². The van der Waals surface area contributed by atoms with E-state index in [0.717, 1.165) is 5.56 Å². The number of thiazole rings is 1. The number of amides is 1. The lowest BCUT2D eigenvalue weighted by atomic mass is 10.1. The maximum absolute atomic E-state index is 13.9. The summed E-state index contributed by atoms with van der Waals surface area (Å²) in [5, 5.41) is 0.372. The number of halogens is 2. The molecule has 1 aromatic heterocycles. The van der Waals surface area contributed by atoms with E-state index in [1.165, 1.54) is 28.4 Å². The minimum atomic E-state index is -0.526. The Hall–Kier alpha value is -2.58. The lowest BCUT2D eigenvalue weighted by Gasteiger charge is -2.20. The molecule has 8 heteroatoms. The van der Waals surface area contributed by atoms with Crippen molar-refractivity contribution in [1.29, 1.82) is 0 Å². The Kier molecular flexibility index (Phi) is 7.33. The van der Waals surface area contributed by atoms with Crippen LogP contribution in [0, 0.1) is 12.7 Å². The number of rotatable bonds is 7. The quantitative estimate of drug-likeness (QED) is 0.415. The topological polar surface area (TPSA) is 59.5 Å². The van der Waals surface area contributed by atoms with E-state index in [1.54, 1.807) is 19.9 Å². The predicted molar refractivity (Wildman–Crippen MR) is 119 cm³/mol. The van der Waals surface area contributed by atoms with Gasteiger partial charge in [0.15, 0.2) is 10.8 Å². The largest absolute Gasteiger partial charge is 0.461 e. The summed E-state index contributed by atoms with van der Waals surface area (Å²) in [4.78, 5) is 32.0. The summed E-state index contributed by atoms with van der Waals surface area (Å²) in [5.74, 6) is -1.44. The molecule has 5 nitrogen and oxygen atoms in total. The number of aryl methyl sites for hydroxylation is 1. The second-order valence-corrected chi connectivity index (χ2v) is 8.57. The molecule has 3 rings (SSSR count). The lowest BCUT2D eigenvalue weighted by molar-refractivity contribution is 0.0519. The van der Waals surface area contributed by atoms with Gasteiger partial charge in [0, 0.05) is 21.5 Å². The van der Waals surface area contributed by atoms with Crippen LogP contribution in [-0.4, -0.2) is 30.0 Å². The number of anilines is 1. The molecule has 0 saturated carbocycles. The van der Waals surface area contributed by atoms with Crippen LogP contribution < -0.4 is 4.90 Å². The Morgan fingerprint density at radius 2 is 1.93 bits per heavy atom. The molecule has 0 spiro atoms. The molecule has 0 unspecified atom stereocenters. The molecular formula is C22H20BrFN2O3S. The van der Waals surface area contributed by atoms with Gasteiger partial charge in [-0.05, 0) is 44.0 Å². The van der Waals surface area contributed by atoms with Crippen molar-refractivity contribution in [3.05, 3.63) is 80.5 Å². The summed E-state index contributed by atoms with van der Waals surface area (Å²) in [7, 11) is 0. The molecule has 0 radical (unpaired) electrons. The van der Waals surface area contributed by atoms with Gasteiger partial charge >= 0.3 is 5.97 Å². The summed E-state index contributed by atoms with van der Waals surface area (Å²) in [6.45, 7) is 4.04.